The first kappa shape index (κ1) is 18.4. The van der Waals surface area contributed by atoms with E-state index in [0.29, 0.717) is 18.4 Å². The molecule has 2 saturated heterocycles. The predicted octanol–water partition coefficient (Wildman–Crippen LogP) is 1.18. The molecule has 0 aromatic heterocycles. The molecule has 3 N–H and O–H groups in total. The first-order valence-corrected chi connectivity index (χ1v) is 9.75. The van der Waals surface area contributed by atoms with Crippen molar-refractivity contribution in [2.45, 2.75) is 63.8 Å². The number of cyclic esters (lactones) is 1. The molecule has 4 aliphatic rings. The Morgan fingerprint density at radius 2 is 1.96 bits per heavy atom. The lowest BCUT2D eigenvalue weighted by Crippen LogP contribution is -2.60. The van der Waals surface area contributed by atoms with Crippen molar-refractivity contribution in [1.29, 1.82) is 0 Å². The summed E-state index contributed by atoms with van der Waals surface area (Å²) in [5.74, 6) is -0.0392. The Morgan fingerprint density at radius 1 is 1.23 bits per heavy atom. The molecule has 6 nitrogen and oxygen atoms in total. The molecule has 0 radical (unpaired) electrons. The van der Waals surface area contributed by atoms with Gasteiger partial charge in [-0.3, -0.25) is 0 Å². The van der Waals surface area contributed by atoms with Crippen LogP contribution in [0.2, 0.25) is 0 Å². The second kappa shape index (κ2) is 6.03. The number of aliphatic hydroxyl groups is 3. The fraction of sp³-hybridized carbons (Fsp3) is 0.850. The molecular weight excluding hydrogens is 336 g/mol. The van der Waals surface area contributed by atoms with Gasteiger partial charge >= 0.3 is 5.97 Å². The summed E-state index contributed by atoms with van der Waals surface area (Å²) in [4.78, 5) is 11.8. The van der Waals surface area contributed by atoms with Gasteiger partial charge in [-0.2, -0.15) is 0 Å². The van der Waals surface area contributed by atoms with E-state index in [4.69, 9.17) is 9.47 Å². The monoisotopic (exact) mass is 366 g/mol. The van der Waals surface area contributed by atoms with Gasteiger partial charge in [0.15, 0.2) is 0 Å². The second-order valence-electron chi connectivity index (χ2n) is 9.23. The highest BCUT2D eigenvalue weighted by Gasteiger charge is 2.66. The molecule has 4 rings (SSSR count). The molecule has 6 heteroatoms. The van der Waals surface area contributed by atoms with Gasteiger partial charge in [0.25, 0.3) is 0 Å². The van der Waals surface area contributed by atoms with E-state index in [1.807, 2.05) is 13.0 Å². The summed E-state index contributed by atoms with van der Waals surface area (Å²) < 4.78 is 10.9. The van der Waals surface area contributed by atoms with Crippen molar-refractivity contribution in [3.05, 3.63) is 11.6 Å². The summed E-state index contributed by atoms with van der Waals surface area (Å²) in [7, 11) is 0. The van der Waals surface area contributed by atoms with Crippen LogP contribution in [-0.2, 0) is 14.3 Å². The molecule has 146 valence electrons. The highest BCUT2D eigenvalue weighted by molar-refractivity contribution is 5.91. The van der Waals surface area contributed by atoms with Crippen LogP contribution in [0.4, 0.5) is 0 Å². The molecule has 0 aromatic carbocycles. The SMILES string of the molecule is C[C@]1(CO)C2CCC3(CO3)[C@@H](C/C=C3/C(=O)OCC3O)[C@]2(C)CC[C@H]1O. The number of fused-ring (bicyclic) bond motifs is 1. The van der Waals surface area contributed by atoms with Gasteiger partial charge < -0.3 is 24.8 Å². The molecule has 3 unspecified atom stereocenters. The van der Waals surface area contributed by atoms with Crippen LogP contribution in [0.3, 0.4) is 0 Å². The van der Waals surface area contributed by atoms with Crippen molar-refractivity contribution in [3.8, 4) is 0 Å². The van der Waals surface area contributed by atoms with Crippen LogP contribution in [0.15, 0.2) is 11.6 Å². The normalized spacial score (nSPS) is 52.2. The standard InChI is InChI=1S/C20H30O6/c1-18-7-6-16(23)19(2,10-21)14(18)5-8-20(11-26-20)15(18)4-3-12-13(22)9-25-17(12)24/h3,13-16,21-23H,4-11H2,1-2H3/b12-3+/t13?,14?,15-,16+,18+,19-,20?/m0/s1. The Kier molecular flexibility index (Phi) is 4.27. The van der Waals surface area contributed by atoms with Gasteiger partial charge in [-0.1, -0.05) is 19.9 Å². The Bertz CT molecular complexity index is 626. The minimum absolute atomic E-state index is 0.0267. The molecule has 2 heterocycles. The highest BCUT2D eigenvalue weighted by Crippen LogP contribution is 2.66. The third kappa shape index (κ3) is 2.49. The Balaban J connectivity index is 1.66. The molecule has 0 aromatic rings. The van der Waals surface area contributed by atoms with Crippen LogP contribution in [0.5, 0.6) is 0 Å². The fourth-order valence-electron chi connectivity index (χ4n) is 6.24. The summed E-state index contributed by atoms with van der Waals surface area (Å²) in [6, 6.07) is 0. The average Bonchev–Trinajstić information content (AvgIpc) is 3.31. The quantitative estimate of drug-likeness (QED) is 0.394. The van der Waals surface area contributed by atoms with E-state index < -0.39 is 23.6 Å². The van der Waals surface area contributed by atoms with Gasteiger partial charge in [0, 0.05) is 5.41 Å². The van der Waals surface area contributed by atoms with Gasteiger partial charge in [0.2, 0.25) is 0 Å². The smallest absolute Gasteiger partial charge is 0.336 e. The molecule has 2 aliphatic heterocycles. The maximum atomic E-state index is 11.8. The van der Waals surface area contributed by atoms with E-state index in [2.05, 4.69) is 6.92 Å². The molecule has 2 saturated carbocycles. The van der Waals surface area contributed by atoms with E-state index in [9.17, 15) is 20.1 Å². The number of hydrogen-bond acceptors (Lipinski definition) is 6. The van der Waals surface area contributed by atoms with Gasteiger partial charge in [-0.15, -0.1) is 0 Å². The van der Waals surface area contributed by atoms with Crippen molar-refractivity contribution in [3.63, 3.8) is 0 Å². The largest absolute Gasteiger partial charge is 0.459 e. The first-order chi connectivity index (χ1) is 12.3. The van der Waals surface area contributed by atoms with E-state index in [0.717, 1.165) is 25.9 Å². The molecule has 0 bridgehead atoms. The minimum atomic E-state index is -0.846. The van der Waals surface area contributed by atoms with Gasteiger partial charge in [-0.05, 0) is 49.4 Å². The lowest BCUT2D eigenvalue weighted by Gasteiger charge is -2.60. The molecule has 4 fully saturated rings. The van der Waals surface area contributed by atoms with Crippen LogP contribution in [-0.4, -0.2) is 58.9 Å². The molecule has 26 heavy (non-hydrogen) atoms. The maximum Gasteiger partial charge on any atom is 0.336 e. The lowest BCUT2D eigenvalue weighted by atomic mass is 9.45. The molecule has 0 amide bonds. The zero-order valence-electron chi connectivity index (χ0n) is 15.6. The fourth-order valence-corrected chi connectivity index (χ4v) is 6.24. The van der Waals surface area contributed by atoms with Gasteiger partial charge in [-0.25, -0.2) is 4.79 Å². The van der Waals surface area contributed by atoms with Crippen LogP contribution >= 0.6 is 0 Å². The number of carbonyl (C=O) groups excluding carboxylic acids is 1. The molecule has 7 atom stereocenters. The number of rotatable bonds is 3. The van der Waals surface area contributed by atoms with Crippen LogP contribution in [0.25, 0.3) is 0 Å². The van der Waals surface area contributed by atoms with Crippen molar-refractivity contribution in [1.82, 2.24) is 0 Å². The summed E-state index contributed by atoms with van der Waals surface area (Å²) in [6.07, 6.45) is 4.53. The predicted molar refractivity (Wildman–Crippen MR) is 93.1 cm³/mol. The Hall–Kier alpha value is -0.950. The summed E-state index contributed by atoms with van der Waals surface area (Å²) >= 11 is 0. The zero-order valence-corrected chi connectivity index (χ0v) is 15.6. The topological polar surface area (TPSA) is 99.5 Å². The number of allylic oxidation sites excluding steroid dienone is 1. The third-order valence-electron chi connectivity index (χ3n) is 7.99. The molecular formula is C20H30O6. The Labute approximate surface area is 154 Å². The number of aliphatic hydroxyl groups excluding tert-OH is 3. The van der Waals surface area contributed by atoms with Crippen molar-refractivity contribution in [2.75, 3.05) is 19.8 Å². The zero-order chi connectivity index (χ0) is 18.7. The van der Waals surface area contributed by atoms with E-state index in [-0.39, 0.29) is 36.1 Å². The highest BCUT2D eigenvalue weighted by atomic mass is 16.6. The summed E-state index contributed by atoms with van der Waals surface area (Å²) in [5.41, 5.74) is -0.405. The molecule has 1 spiro atoms. The average molecular weight is 366 g/mol. The van der Waals surface area contributed by atoms with Crippen molar-refractivity contribution in [2.24, 2.45) is 22.7 Å². The number of carbonyl (C=O) groups is 1. The number of ether oxygens (including phenoxy) is 2. The van der Waals surface area contributed by atoms with Crippen LogP contribution in [0.1, 0.15) is 46.0 Å². The van der Waals surface area contributed by atoms with Gasteiger partial charge in [0.1, 0.15) is 12.7 Å². The number of esters is 1. The van der Waals surface area contributed by atoms with E-state index >= 15 is 0 Å². The number of epoxide rings is 1. The van der Waals surface area contributed by atoms with Crippen molar-refractivity contribution < 1.29 is 29.6 Å². The maximum absolute atomic E-state index is 11.8. The minimum Gasteiger partial charge on any atom is -0.459 e. The number of hydrogen-bond donors (Lipinski definition) is 3. The van der Waals surface area contributed by atoms with Crippen LogP contribution in [0, 0.1) is 22.7 Å². The first-order valence-electron chi connectivity index (χ1n) is 9.75. The van der Waals surface area contributed by atoms with Crippen molar-refractivity contribution >= 4 is 5.97 Å². The third-order valence-corrected chi connectivity index (χ3v) is 7.99. The second-order valence-corrected chi connectivity index (χ2v) is 9.23. The summed E-state index contributed by atoms with van der Waals surface area (Å²) in [5, 5.41) is 30.6. The van der Waals surface area contributed by atoms with Crippen LogP contribution < -0.4 is 0 Å². The summed E-state index contributed by atoms with van der Waals surface area (Å²) in [6.45, 7) is 4.99. The van der Waals surface area contributed by atoms with E-state index in [1.165, 1.54) is 0 Å². The molecule has 2 aliphatic carbocycles. The van der Waals surface area contributed by atoms with Gasteiger partial charge in [0.05, 0.1) is 30.5 Å². The van der Waals surface area contributed by atoms with E-state index in [1.54, 1.807) is 0 Å². The lowest BCUT2D eigenvalue weighted by molar-refractivity contribution is -0.175. The Morgan fingerprint density at radius 3 is 2.54 bits per heavy atom.